The number of hydrogen-bond donors (Lipinski definition) is 10. The van der Waals surface area contributed by atoms with Crippen LogP contribution in [0, 0.1) is 5.92 Å². The number of benzene rings is 1. The van der Waals surface area contributed by atoms with Crippen molar-refractivity contribution in [2.24, 2.45) is 28.1 Å². The van der Waals surface area contributed by atoms with Gasteiger partial charge in [-0.15, -0.1) is 0 Å². The van der Waals surface area contributed by atoms with Crippen LogP contribution in [0.3, 0.4) is 0 Å². The maximum Gasteiger partial charge on any atom is 0.326 e. The predicted molar refractivity (Wildman–Crippen MR) is 230 cm³/mol. The monoisotopic (exact) mass is 870 g/mol. The van der Waals surface area contributed by atoms with E-state index >= 15 is 0 Å². The Morgan fingerprint density at radius 1 is 0.869 bits per heavy atom. The van der Waals surface area contributed by atoms with Crippen molar-refractivity contribution in [2.45, 2.75) is 114 Å². The van der Waals surface area contributed by atoms with Crippen molar-refractivity contribution in [3.05, 3.63) is 54.1 Å². The molecule has 0 saturated carbocycles. The fraction of sp³-hybridized carbons (Fsp3) is 0.575. The number of nitrogens with two attached hydrogens (primary N) is 3. The number of carboxylic acid groups (broad SMARTS) is 1. The van der Waals surface area contributed by atoms with Gasteiger partial charge in [-0.3, -0.25) is 33.8 Å². The van der Waals surface area contributed by atoms with Crippen molar-refractivity contribution >= 4 is 59.1 Å². The molecule has 0 radical (unpaired) electrons. The Morgan fingerprint density at radius 2 is 1.49 bits per heavy atom. The van der Waals surface area contributed by atoms with Gasteiger partial charge < -0.3 is 58.8 Å². The Kier molecular flexibility index (Phi) is 20.5. The van der Waals surface area contributed by atoms with E-state index in [1.165, 1.54) is 36.1 Å². The van der Waals surface area contributed by atoms with Crippen LogP contribution in [0.25, 0.3) is 0 Å². The second-order valence-electron chi connectivity index (χ2n) is 15.4. The van der Waals surface area contributed by atoms with E-state index in [1.54, 1.807) is 30.3 Å². The van der Waals surface area contributed by atoms with Crippen LogP contribution < -0.4 is 43.8 Å². The molecule has 1 aromatic carbocycles. The summed E-state index contributed by atoms with van der Waals surface area (Å²) in [7, 11) is 0. The molecule has 0 unspecified atom stereocenters. The number of amides is 6. The molecular weight excluding hydrogens is 809 g/mol. The van der Waals surface area contributed by atoms with Crippen LogP contribution in [0.5, 0.6) is 0 Å². The first-order chi connectivity index (χ1) is 29.0. The van der Waals surface area contributed by atoms with E-state index in [-0.39, 0.29) is 63.5 Å². The summed E-state index contributed by atoms with van der Waals surface area (Å²) in [6, 6.07) is 1.06. The number of carbonyl (C=O) groups excluding carboxylic acids is 6. The molecule has 1 fully saturated rings. The highest BCUT2D eigenvalue weighted by Crippen LogP contribution is 2.20. The number of rotatable bonds is 25. The summed E-state index contributed by atoms with van der Waals surface area (Å²) >= 11 is 1.44. The van der Waals surface area contributed by atoms with E-state index in [0.29, 0.717) is 29.9 Å². The van der Waals surface area contributed by atoms with Crippen molar-refractivity contribution in [3.8, 4) is 0 Å². The number of H-pyrrole nitrogens is 1. The number of aliphatic carboxylic acids is 1. The van der Waals surface area contributed by atoms with Crippen LogP contribution in [0.2, 0.25) is 0 Å². The summed E-state index contributed by atoms with van der Waals surface area (Å²) in [4.78, 5) is 106. The summed E-state index contributed by atoms with van der Waals surface area (Å²) in [6.45, 7) is 5.64. The number of carbonyl (C=O) groups is 7. The van der Waals surface area contributed by atoms with Gasteiger partial charge in [0, 0.05) is 37.8 Å². The minimum Gasteiger partial charge on any atom is -0.480 e. The Hall–Kier alpha value is -5.70. The molecule has 2 aromatic rings. The van der Waals surface area contributed by atoms with Gasteiger partial charge in [0.15, 0.2) is 5.96 Å². The number of nitrogens with one attached hydrogen (secondary N) is 6. The standard InChI is InChI=1S/C40H62N12O8S/c1-23(2)18-27(41)34(54)47-24(3)33(53)50-30(19-25-10-6-5-7-11-25)36(56)51-31(20-26-21-44-22-46-26)37(57)48-28(12-8-15-45-40(42)43)35(55)49-29(14-17-61-4)38(58)52-16-9-13-32(52)39(59)60/h5-7,10-11,21-24,27-32H,8-9,12-20,41H2,1-4H3,(H,44,46)(H,47,54)(H,48,57)(H,49,55)(H,50,53)(H,51,56)(H,59,60)(H4,42,43,45)/t24-,27-,28-,29-,30-,31-,32-/m0/s1. The van der Waals surface area contributed by atoms with Crippen molar-refractivity contribution in [2.75, 3.05) is 25.1 Å². The Morgan fingerprint density at radius 3 is 2.10 bits per heavy atom. The molecule has 0 spiro atoms. The second kappa shape index (κ2) is 25.2. The van der Waals surface area contributed by atoms with Crippen molar-refractivity contribution < 1.29 is 38.7 Å². The molecule has 21 heteroatoms. The number of likely N-dealkylation sites (tertiary alicyclic amines) is 1. The van der Waals surface area contributed by atoms with Gasteiger partial charge in [0.2, 0.25) is 35.4 Å². The highest BCUT2D eigenvalue weighted by Gasteiger charge is 2.39. The van der Waals surface area contributed by atoms with E-state index < -0.39 is 83.7 Å². The number of thioether (sulfide) groups is 1. The van der Waals surface area contributed by atoms with Crippen LogP contribution in [0.1, 0.15) is 70.6 Å². The van der Waals surface area contributed by atoms with Gasteiger partial charge in [-0.2, -0.15) is 11.8 Å². The van der Waals surface area contributed by atoms with Gasteiger partial charge in [-0.05, 0) is 68.9 Å². The SMILES string of the molecule is CSCC[C@H](NC(=O)[C@H](CCCN=C(N)N)NC(=O)[C@H](Cc1cnc[nH]1)NC(=O)[C@H](Cc1ccccc1)NC(=O)[C@H](C)NC(=O)[C@@H](N)CC(C)C)C(=O)N1CCC[C@H]1C(=O)O. The topological polar surface area (TPSA) is 322 Å². The van der Waals surface area contributed by atoms with Crippen LogP contribution >= 0.6 is 11.8 Å². The lowest BCUT2D eigenvalue weighted by molar-refractivity contribution is -0.149. The molecule has 1 aliphatic heterocycles. The van der Waals surface area contributed by atoms with Gasteiger partial charge >= 0.3 is 5.97 Å². The van der Waals surface area contributed by atoms with Gasteiger partial charge in [-0.1, -0.05) is 44.2 Å². The molecule has 0 bridgehead atoms. The number of imidazole rings is 1. The molecule has 1 aliphatic rings. The van der Waals surface area contributed by atoms with Crippen LogP contribution in [-0.2, 0) is 46.4 Å². The highest BCUT2D eigenvalue weighted by atomic mass is 32.2. The molecule has 7 atom stereocenters. The third-order valence-electron chi connectivity index (χ3n) is 9.97. The van der Waals surface area contributed by atoms with Crippen LogP contribution in [-0.4, -0.2) is 135 Å². The van der Waals surface area contributed by atoms with Gasteiger partial charge in [0.25, 0.3) is 0 Å². The fourth-order valence-electron chi connectivity index (χ4n) is 6.75. The fourth-order valence-corrected chi connectivity index (χ4v) is 7.22. The van der Waals surface area contributed by atoms with Gasteiger partial charge in [-0.25, -0.2) is 9.78 Å². The second-order valence-corrected chi connectivity index (χ2v) is 16.4. The number of aromatic amines is 1. The molecule has 336 valence electrons. The first kappa shape index (κ1) is 49.7. The summed E-state index contributed by atoms with van der Waals surface area (Å²) < 4.78 is 0. The van der Waals surface area contributed by atoms with E-state index in [0.717, 1.165) is 0 Å². The molecule has 1 aromatic heterocycles. The number of nitrogens with zero attached hydrogens (tertiary/aromatic N) is 3. The molecule has 2 heterocycles. The minimum atomic E-state index is -1.32. The first-order valence-electron chi connectivity index (χ1n) is 20.4. The van der Waals surface area contributed by atoms with Crippen molar-refractivity contribution in [1.82, 2.24) is 41.5 Å². The predicted octanol–water partition coefficient (Wildman–Crippen LogP) is -1.11. The van der Waals surface area contributed by atoms with Crippen molar-refractivity contribution in [3.63, 3.8) is 0 Å². The van der Waals surface area contributed by atoms with Gasteiger partial charge in [0.1, 0.15) is 36.3 Å². The minimum absolute atomic E-state index is 0.0150. The van der Waals surface area contributed by atoms with E-state index in [1.807, 2.05) is 20.1 Å². The van der Waals surface area contributed by atoms with E-state index in [2.05, 4.69) is 41.5 Å². The quantitative estimate of drug-likeness (QED) is 0.0322. The lowest BCUT2D eigenvalue weighted by Crippen LogP contribution is -2.60. The van der Waals surface area contributed by atoms with E-state index in [4.69, 9.17) is 17.2 Å². The first-order valence-corrected chi connectivity index (χ1v) is 21.8. The maximum absolute atomic E-state index is 14.3. The number of carboxylic acids is 1. The third kappa shape index (κ3) is 16.7. The average molecular weight is 871 g/mol. The number of guanidine groups is 1. The van der Waals surface area contributed by atoms with Crippen molar-refractivity contribution in [1.29, 1.82) is 0 Å². The molecule has 6 amide bonds. The summed E-state index contributed by atoms with van der Waals surface area (Å²) in [5.74, 6) is -4.63. The third-order valence-corrected chi connectivity index (χ3v) is 10.6. The Balaban J connectivity index is 1.89. The number of aliphatic imine (C=N–C) groups is 1. The normalized spacial score (nSPS) is 16.6. The lowest BCUT2D eigenvalue weighted by atomic mass is 10.0. The Bertz CT molecular complexity index is 1790. The molecule has 3 rings (SSSR count). The zero-order chi connectivity index (χ0) is 45.1. The number of hydrogen-bond acceptors (Lipinski definition) is 11. The molecule has 20 nitrogen and oxygen atoms in total. The summed E-state index contributed by atoms with van der Waals surface area (Å²) in [5, 5.41) is 23.3. The zero-order valence-corrected chi connectivity index (χ0v) is 36.0. The molecule has 0 aliphatic carbocycles. The highest BCUT2D eigenvalue weighted by molar-refractivity contribution is 7.98. The number of aromatic nitrogens is 2. The average Bonchev–Trinajstić information content (AvgIpc) is 3.93. The lowest BCUT2D eigenvalue weighted by Gasteiger charge is -2.29. The zero-order valence-electron chi connectivity index (χ0n) is 35.2. The van der Waals surface area contributed by atoms with Crippen LogP contribution in [0.15, 0.2) is 47.8 Å². The summed E-state index contributed by atoms with van der Waals surface area (Å²) in [5.41, 5.74) is 18.2. The van der Waals surface area contributed by atoms with E-state index in [9.17, 15) is 38.7 Å². The molecule has 1 saturated heterocycles. The van der Waals surface area contributed by atoms with Gasteiger partial charge in [0.05, 0.1) is 12.4 Å². The maximum atomic E-state index is 14.3. The molecule has 13 N–H and O–H groups in total. The summed E-state index contributed by atoms with van der Waals surface area (Å²) in [6.07, 6.45) is 6.24. The van der Waals surface area contributed by atoms with Crippen LogP contribution in [0.4, 0.5) is 0 Å². The largest absolute Gasteiger partial charge is 0.480 e. The smallest absolute Gasteiger partial charge is 0.326 e. The Labute approximate surface area is 360 Å². The molecular formula is C40H62N12O8S. The molecule has 61 heavy (non-hydrogen) atoms.